The lowest BCUT2D eigenvalue weighted by molar-refractivity contribution is 0.596. The molecule has 0 radical (unpaired) electrons. The highest BCUT2D eigenvalue weighted by atomic mass is 16.3. The molecule has 0 aliphatic carbocycles. The molecule has 178 valence electrons. The summed E-state index contributed by atoms with van der Waals surface area (Å²) in [6.07, 6.45) is 2.84. The highest BCUT2D eigenvalue weighted by Gasteiger charge is 2.21. The molecule has 5 aromatic rings. The van der Waals surface area contributed by atoms with Crippen LogP contribution in [-0.4, -0.2) is 4.98 Å². The monoisotopic (exact) mass is 461 g/mol. The van der Waals surface area contributed by atoms with Crippen molar-refractivity contribution in [2.45, 2.75) is 60.3 Å². The van der Waals surface area contributed by atoms with Crippen molar-refractivity contribution in [3.8, 4) is 22.4 Å². The van der Waals surface area contributed by atoms with Gasteiger partial charge in [-0.25, -0.2) is 4.98 Å². The van der Waals surface area contributed by atoms with E-state index in [2.05, 4.69) is 103 Å². The lowest BCUT2D eigenvalue weighted by Gasteiger charge is -2.23. The number of pyridine rings is 1. The number of aromatic nitrogens is 1. The molecule has 2 nitrogen and oxygen atoms in total. The molecule has 0 atom stereocenters. The van der Waals surface area contributed by atoms with Crippen LogP contribution in [0.15, 0.2) is 71.3 Å². The molecule has 0 bridgehead atoms. The Hall–Kier alpha value is -3.39. The fourth-order valence-electron chi connectivity index (χ4n) is 5.44. The van der Waals surface area contributed by atoms with Gasteiger partial charge in [-0.1, -0.05) is 71.0 Å². The Morgan fingerprint density at radius 1 is 0.886 bits per heavy atom. The molecule has 0 N–H and O–H groups in total. The van der Waals surface area contributed by atoms with E-state index in [0.717, 1.165) is 34.3 Å². The molecule has 3 aromatic carbocycles. The van der Waals surface area contributed by atoms with E-state index in [1.807, 2.05) is 6.07 Å². The van der Waals surface area contributed by atoms with E-state index in [-0.39, 0.29) is 5.41 Å². The van der Waals surface area contributed by atoms with Crippen LogP contribution in [0.1, 0.15) is 56.9 Å². The lowest BCUT2D eigenvalue weighted by atomic mass is 9.82. The Kier molecular flexibility index (Phi) is 5.79. The van der Waals surface area contributed by atoms with Crippen LogP contribution in [0.3, 0.4) is 0 Å². The van der Waals surface area contributed by atoms with Gasteiger partial charge in [0.05, 0.1) is 12.0 Å². The Bertz CT molecular complexity index is 1520. The zero-order valence-corrected chi connectivity index (χ0v) is 22.0. The van der Waals surface area contributed by atoms with Crippen LogP contribution in [0.4, 0.5) is 0 Å². The normalized spacial score (nSPS) is 12.2. The fourth-order valence-corrected chi connectivity index (χ4v) is 5.44. The van der Waals surface area contributed by atoms with E-state index in [1.165, 1.54) is 38.6 Å². The summed E-state index contributed by atoms with van der Waals surface area (Å²) in [5.74, 6) is 0.633. The largest absolute Gasteiger partial charge is 0.462 e. The average molecular weight is 462 g/mol. The van der Waals surface area contributed by atoms with Crippen molar-refractivity contribution in [2.75, 3.05) is 0 Å². The van der Waals surface area contributed by atoms with Gasteiger partial charge in [-0.05, 0) is 88.4 Å². The molecule has 2 heterocycles. The zero-order valence-electron chi connectivity index (χ0n) is 22.0. The van der Waals surface area contributed by atoms with Gasteiger partial charge in [0.25, 0.3) is 0 Å². The number of nitrogens with zero attached hydrogens (tertiary/aromatic N) is 1. The maximum absolute atomic E-state index is 5.98. The highest BCUT2D eigenvalue weighted by molar-refractivity contribution is 5.96. The van der Waals surface area contributed by atoms with Gasteiger partial charge in [0.1, 0.15) is 5.52 Å². The summed E-state index contributed by atoms with van der Waals surface area (Å²) in [7, 11) is 0. The Morgan fingerprint density at radius 2 is 1.60 bits per heavy atom. The van der Waals surface area contributed by atoms with Crippen LogP contribution in [0, 0.1) is 19.8 Å². The van der Waals surface area contributed by atoms with Gasteiger partial charge in [0.2, 0.25) is 0 Å². The van der Waals surface area contributed by atoms with Crippen molar-refractivity contribution in [3.63, 3.8) is 0 Å². The third-order valence-electron chi connectivity index (χ3n) is 6.88. The maximum Gasteiger partial charge on any atom is 0.160 e. The van der Waals surface area contributed by atoms with Crippen LogP contribution in [0.5, 0.6) is 0 Å². The SMILES string of the molecule is Cc1cc(CC(C)C)cc(C)c1-c1cc(-c2cc(C(C)(C)C)c3ccccc3c2)nc2ccoc12. The first kappa shape index (κ1) is 23.4. The summed E-state index contributed by atoms with van der Waals surface area (Å²) in [5, 5.41) is 2.55. The van der Waals surface area contributed by atoms with Crippen molar-refractivity contribution in [1.82, 2.24) is 4.98 Å². The van der Waals surface area contributed by atoms with Crippen LogP contribution in [0.25, 0.3) is 44.3 Å². The van der Waals surface area contributed by atoms with E-state index >= 15 is 0 Å². The summed E-state index contributed by atoms with van der Waals surface area (Å²) in [6, 6.07) is 22.1. The Balaban J connectivity index is 1.75. The van der Waals surface area contributed by atoms with Gasteiger partial charge < -0.3 is 4.42 Å². The van der Waals surface area contributed by atoms with Gasteiger partial charge in [-0.2, -0.15) is 0 Å². The second-order valence-electron chi connectivity index (χ2n) is 11.4. The molecule has 2 heteroatoms. The number of furan rings is 1. The summed E-state index contributed by atoms with van der Waals surface area (Å²) in [4.78, 5) is 5.04. The first-order valence-corrected chi connectivity index (χ1v) is 12.6. The van der Waals surface area contributed by atoms with Crippen molar-refractivity contribution < 1.29 is 4.42 Å². The average Bonchev–Trinajstić information content (AvgIpc) is 3.25. The number of fused-ring (bicyclic) bond motifs is 2. The number of aryl methyl sites for hydroxylation is 2. The molecular weight excluding hydrogens is 426 g/mol. The highest BCUT2D eigenvalue weighted by Crippen LogP contribution is 2.39. The molecule has 0 aliphatic rings. The summed E-state index contributed by atoms with van der Waals surface area (Å²) < 4.78 is 5.98. The molecule has 0 fully saturated rings. The van der Waals surface area contributed by atoms with Crippen molar-refractivity contribution in [3.05, 3.63) is 89.2 Å². The summed E-state index contributed by atoms with van der Waals surface area (Å²) in [6.45, 7) is 15.8. The van der Waals surface area contributed by atoms with E-state index in [9.17, 15) is 0 Å². The molecule has 0 unspecified atom stereocenters. The zero-order chi connectivity index (χ0) is 24.9. The molecule has 2 aromatic heterocycles. The van der Waals surface area contributed by atoms with E-state index < -0.39 is 0 Å². The Labute approximate surface area is 209 Å². The summed E-state index contributed by atoms with van der Waals surface area (Å²) in [5.41, 5.74) is 11.6. The van der Waals surface area contributed by atoms with Gasteiger partial charge in [0, 0.05) is 17.2 Å². The van der Waals surface area contributed by atoms with Crippen LogP contribution >= 0.6 is 0 Å². The van der Waals surface area contributed by atoms with Crippen LogP contribution in [-0.2, 0) is 11.8 Å². The van der Waals surface area contributed by atoms with Gasteiger partial charge >= 0.3 is 0 Å². The quantitative estimate of drug-likeness (QED) is 0.266. The summed E-state index contributed by atoms with van der Waals surface area (Å²) >= 11 is 0. The third-order valence-corrected chi connectivity index (χ3v) is 6.88. The van der Waals surface area contributed by atoms with Gasteiger partial charge in [-0.15, -0.1) is 0 Å². The maximum atomic E-state index is 5.98. The first-order valence-electron chi connectivity index (χ1n) is 12.6. The van der Waals surface area contributed by atoms with E-state index in [4.69, 9.17) is 9.40 Å². The number of rotatable bonds is 4. The van der Waals surface area contributed by atoms with Crippen molar-refractivity contribution in [2.24, 2.45) is 5.92 Å². The second kappa shape index (κ2) is 8.68. The van der Waals surface area contributed by atoms with E-state index in [1.54, 1.807) is 6.26 Å². The topological polar surface area (TPSA) is 26.0 Å². The minimum Gasteiger partial charge on any atom is -0.462 e. The standard InChI is InChI=1S/C33H35NO/c1-20(2)14-23-15-21(3)31(22(4)16-23)27-19-30(34-29-12-13-35-32(27)29)25-17-24-10-8-9-11-26(24)28(18-25)33(5,6)7/h8-13,15-20H,14H2,1-7H3. The lowest BCUT2D eigenvalue weighted by Crippen LogP contribution is -2.12. The Morgan fingerprint density at radius 3 is 2.29 bits per heavy atom. The van der Waals surface area contributed by atoms with Gasteiger partial charge in [-0.3, -0.25) is 0 Å². The number of hydrogen-bond donors (Lipinski definition) is 0. The third kappa shape index (κ3) is 4.38. The predicted octanol–water partition coefficient (Wildman–Crippen LogP) is 9.43. The van der Waals surface area contributed by atoms with E-state index in [0.29, 0.717) is 5.92 Å². The molecule has 0 saturated heterocycles. The van der Waals surface area contributed by atoms with Crippen molar-refractivity contribution >= 4 is 21.9 Å². The molecule has 0 spiro atoms. The van der Waals surface area contributed by atoms with Crippen LogP contribution < -0.4 is 0 Å². The minimum atomic E-state index is 0.0254. The smallest absolute Gasteiger partial charge is 0.160 e. The molecule has 0 amide bonds. The first-order chi connectivity index (χ1) is 16.6. The molecule has 5 rings (SSSR count). The van der Waals surface area contributed by atoms with Gasteiger partial charge in [0.15, 0.2) is 5.58 Å². The molecule has 0 aliphatic heterocycles. The molecule has 35 heavy (non-hydrogen) atoms. The minimum absolute atomic E-state index is 0.0254. The number of benzene rings is 3. The predicted molar refractivity (Wildman–Crippen MR) is 149 cm³/mol. The fraction of sp³-hybridized carbons (Fsp3) is 0.303. The van der Waals surface area contributed by atoms with Crippen LogP contribution in [0.2, 0.25) is 0 Å². The second-order valence-corrected chi connectivity index (χ2v) is 11.4. The molecule has 0 saturated carbocycles. The molecular formula is C33H35NO. The van der Waals surface area contributed by atoms with Crippen molar-refractivity contribution in [1.29, 1.82) is 0 Å². The number of hydrogen-bond acceptors (Lipinski definition) is 2.